The molecule has 33 heavy (non-hydrogen) atoms. The number of amides is 1. The predicted molar refractivity (Wildman–Crippen MR) is 133 cm³/mol. The Hall–Kier alpha value is -3.40. The van der Waals surface area contributed by atoms with E-state index in [2.05, 4.69) is 66.5 Å². The van der Waals surface area contributed by atoms with Gasteiger partial charge >= 0.3 is 0 Å². The Morgan fingerprint density at radius 1 is 1.09 bits per heavy atom. The van der Waals surface area contributed by atoms with Crippen molar-refractivity contribution in [3.63, 3.8) is 0 Å². The number of H-pyrrole nitrogens is 1. The first-order valence-corrected chi connectivity index (χ1v) is 12.0. The Labute approximate surface area is 195 Å². The van der Waals surface area contributed by atoms with E-state index < -0.39 is 0 Å². The number of carbonyl (C=O) groups excluding carboxylic acids is 1. The fourth-order valence-corrected chi connectivity index (χ4v) is 5.02. The van der Waals surface area contributed by atoms with E-state index in [4.69, 9.17) is 4.98 Å². The van der Waals surface area contributed by atoms with Crippen molar-refractivity contribution >= 4 is 16.8 Å². The molecule has 1 N–H and O–H groups in total. The van der Waals surface area contributed by atoms with Crippen molar-refractivity contribution in [2.45, 2.75) is 44.9 Å². The second kappa shape index (κ2) is 9.62. The number of pyridine rings is 1. The van der Waals surface area contributed by atoms with Crippen LogP contribution in [-0.2, 0) is 17.6 Å². The molecule has 1 atom stereocenters. The Morgan fingerprint density at radius 3 is 2.85 bits per heavy atom. The van der Waals surface area contributed by atoms with Gasteiger partial charge in [0.2, 0.25) is 5.91 Å². The number of carbonyl (C=O) groups is 1. The summed E-state index contributed by atoms with van der Waals surface area (Å²) in [6, 6.07) is 21.3. The van der Waals surface area contributed by atoms with Crippen molar-refractivity contribution in [2.75, 3.05) is 13.1 Å². The Bertz CT molecular complexity index is 1240. The summed E-state index contributed by atoms with van der Waals surface area (Å²) in [6.45, 7) is 3.76. The van der Waals surface area contributed by atoms with Crippen LogP contribution < -0.4 is 0 Å². The number of fused-ring (bicyclic) bond motifs is 1. The molecule has 1 fully saturated rings. The van der Waals surface area contributed by atoms with Crippen LogP contribution in [0.1, 0.15) is 53.1 Å². The topological polar surface area (TPSA) is 49.0 Å². The van der Waals surface area contributed by atoms with Gasteiger partial charge in [-0.1, -0.05) is 54.1 Å². The van der Waals surface area contributed by atoms with Crippen molar-refractivity contribution in [1.82, 2.24) is 14.9 Å². The molecule has 0 radical (unpaired) electrons. The van der Waals surface area contributed by atoms with E-state index in [0.29, 0.717) is 12.3 Å². The summed E-state index contributed by atoms with van der Waals surface area (Å²) in [7, 11) is 0. The number of hydrogen-bond acceptors (Lipinski definition) is 2. The van der Waals surface area contributed by atoms with Gasteiger partial charge in [0.15, 0.2) is 0 Å². The van der Waals surface area contributed by atoms with E-state index in [9.17, 15) is 4.79 Å². The average Bonchev–Trinajstić information content (AvgIpc) is 3.26. The van der Waals surface area contributed by atoms with Gasteiger partial charge in [-0.3, -0.25) is 9.78 Å². The highest BCUT2D eigenvalue weighted by Gasteiger charge is 2.25. The monoisotopic (exact) mass is 437 g/mol. The first-order valence-electron chi connectivity index (χ1n) is 12.0. The largest absolute Gasteiger partial charge is 0.361 e. The minimum absolute atomic E-state index is 0.251. The molecule has 168 valence electrons. The van der Waals surface area contributed by atoms with Crippen molar-refractivity contribution in [2.24, 2.45) is 0 Å². The lowest BCUT2D eigenvalue weighted by atomic mass is 9.93. The lowest BCUT2D eigenvalue weighted by Crippen LogP contribution is -2.39. The van der Waals surface area contributed by atoms with E-state index in [0.717, 1.165) is 50.0 Å². The fraction of sp³-hybridized carbons (Fsp3) is 0.310. The molecule has 1 aliphatic heterocycles. The molecule has 0 saturated carbocycles. The second-order valence-corrected chi connectivity index (χ2v) is 9.30. The van der Waals surface area contributed by atoms with Crippen molar-refractivity contribution < 1.29 is 4.79 Å². The van der Waals surface area contributed by atoms with E-state index in [-0.39, 0.29) is 5.91 Å². The van der Waals surface area contributed by atoms with Crippen LogP contribution in [0.15, 0.2) is 73.1 Å². The van der Waals surface area contributed by atoms with Crippen molar-refractivity contribution in [3.05, 3.63) is 101 Å². The van der Waals surface area contributed by atoms with Gasteiger partial charge in [-0.25, -0.2) is 0 Å². The number of para-hydroxylation sites is 1. The van der Waals surface area contributed by atoms with Crippen LogP contribution in [0.25, 0.3) is 10.9 Å². The maximum atomic E-state index is 13.0. The van der Waals surface area contributed by atoms with Crippen LogP contribution in [-0.4, -0.2) is 33.9 Å². The fourth-order valence-electron chi connectivity index (χ4n) is 5.02. The number of rotatable bonds is 6. The second-order valence-electron chi connectivity index (χ2n) is 9.30. The van der Waals surface area contributed by atoms with E-state index in [1.807, 2.05) is 23.4 Å². The molecule has 4 aromatic rings. The minimum atomic E-state index is 0.251. The lowest BCUT2D eigenvalue weighted by Gasteiger charge is -2.32. The molecule has 4 heteroatoms. The van der Waals surface area contributed by atoms with Crippen LogP contribution in [0.5, 0.6) is 0 Å². The first kappa shape index (κ1) is 21.4. The molecular formula is C29H31N3O. The highest BCUT2D eigenvalue weighted by atomic mass is 16.2. The molecular weight excluding hydrogens is 406 g/mol. The Morgan fingerprint density at radius 2 is 2.00 bits per heavy atom. The van der Waals surface area contributed by atoms with E-state index >= 15 is 0 Å². The number of aromatic amines is 1. The molecule has 4 nitrogen and oxygen atoms in total. The van der Waals surface area contributed by atoms with Gasteiger partial charge in [-0.15, -0.1) is 0 Å². The number of hydrogen-bond donors (Lipinski definition) is 1. The summed E-state index contributed by atoms with van der Waals surface area (Å²) in [5.41, 5.74) is 7.29. The van der Waals surface area contributed by atoms with Gasteiger partial charge in [0.25, 0.3) is 0 Å². The molecule has 5 rings (SSSR count). The third-order valence-electron chi connectivity index (χ3n) is 6.81. The number of aryl methyl sites for hydroxylation is 2. The van der Waals surface area contributed by atoms with E-state index in [1.165, 1.54) is 27.6 Å². The number of aromatic nitrogens is 2. The number of likely N-dealkylation sites (tertiary alicyclic amines) is 1. The Kier molecular flexibility index (Phi) is 6.25. The van der Waals surface area contributed by atoms with Gasteiger partial charge < -0.3 is 9.88 Å². The number of nitrogens with zero attached hydrogens (tertiary/aromatic N) is 2. The summed E-state index contributed by atoms with van der Waals surface area (Å²) >= 11 is 0. The number of nitrogens with one attached hydrogen (secondary N) is 1. The molecule has 2 aromatic heterocycles. The first-order chi connectivity index (χ1) is 16.2. The standard InChI is InChI=1S/C29H31N3O/c1-21-6-4-7-22(16-21)17-23-11-13-27(30-18-23)25-8-5-15-32(20-25)29(33)14-12-24-19-31-28-10-3-2-9-26(24)28/h2-4,6-7,9-11,13,16,18-19,25,31H,5,8,12,14-15,17,20H2,1H3. The van der Waals surface area contributed by atoms with Crippen LogP contribution in [0, 0.1) is 6.92 Å². The molecule has 1 saturated heterocycles. The van der Waals surface area contributed by atoms with Gasteiger partial charge in [0, 0.05) is 54.4 Å². The molecule has 1 unspecified atom stereocenters. The highest BCUT2D eigenvalue weighted by molar-refractivity contribution is 5.84. The zero-order valence-corrected chi connectivity index (χ0v) is 19.3. The third-order valence-corrected chi connectivity index (χ3v) is 6.81. The van der Waals surface area contributed by atoms with Crippen molar-refractivity contribution in [1.29, 1.82) is 0 Å². The van der Waals surface area contributed by atoms with Gasteiger partial charge in [-0.2, -0.15) is 0 Å². The quantitative estimate of drug-likeness (QED) is 0.414. The van der Waals surface area contributed by atoms with E-state index in [1.54, 1.807) is 0 Å². The summed E-state index contributed by atoms with van der Waals surface area (Å²) in [5, 5.41) is 1.22. The predicted octanol–water partition coefficient (Wildman–Crippen LogP) is 5.80. The lowest BCUT2D eigenvalue weighted by molar-refractivity contribution is -0.132. The zero-order valence-electron chi connectivity index (χ0n) is 19.3. The number of piperidine rings is 1. The van der Waals surface area contributed by atoms with Gasteiger partial charge in [0.05, 0.1) is 0 Å². The summed E-state index contributed by atoms with van der Waals surface area (Å²) < 4.78 is 0. The van der Waals surface area contributed by atoms with Gasteiger partial charge in [-0.05, 0) is 61.4 Å². The van der Waals surface area contributed by atoms with Crippen LogP contribution in [0.4, 0.5) is 0 Å². The summed E-state index contributed by atoms with van der Waals surface area (Å²) in [5.74, 6) is 0.574. The molecule has 0 aliphatic carbocycles. The molecule has 0 bridgehead atoms. The summed E-state index contributed by atoms with van der Waals surface area (Å²) in [4.78, 5) is 23.1. The molecule has 0 spiro atoms. The Balaban J connectivity index is 1.19. The SMILES string of the molecule is Cc1cccc(Cc2ccc(C3CCCN(C(=O)CCc4c[nH]c5ccccc45)C3)nc2)c1. The van der Waals surface area contributed by atoms with Crippen LogP contribution in [0.3, 0.4) is 0 Å². The molecule has 1 aliphatic rings. The maximum absolute atomic E-state index is 13.0. The maximum Gasteiger partial charge on any atom is 0.222 e. The zero-order chi connectivity index (χ0) is 22.6. The molecule has 1 amide bonds. The van der Waals surface area contributed by atoms with Crippen LogP contribution >= 0.6 is 0 Å². The molecule has 3 heterocycles. The number of benzene rings is 2. The normalized spacial score (nSPS) is 16.3. The van der Waals surface area contributed by atoms with Crippen molar-refractivity contribution in [3.8, 4) is 0 Å². The smallest absolute Gasteiger partial charge is 0.222 e. The summed E-state index contributed by atoms with van der Waals surface area (Å²) in [6.07, 6.45) is 8.41. The molecule has 2 aromatic carbocycles. The minimum Gasteiger partial charge on any atom is -0.361 e. The average molecular weight is 438 g/mol. The van der Waals surface area contributed by atoms with Crippen LogP contribution in [0.2, 0.25) is 0 Å². The third kappa shape index (κ3) is 5.00. The highest BCUT2D eigenvalue weighted by Crippen LogP contribution is 2.27. The van der Waals surface area contributed by atoms with Gasteiger partial charge in [0.1, 0.15) is 0 Å².